The number of ether oxygens (including phenoxy) is 3. The summed E-state index contributed by atoms with van der Waals surface area (Å²) in [5, 5.41) is 0. The number of ketones is 1. The number of carbonyl (C=O) groups is 1. The summed E-state index contributed by atoms with van der Waals surface area (Å²) in [5.74, 6) is 1.59. The highest BCUT2D eigenvalue weighted by molar-refractivity contribution is 5.97. The van der Waals surface area contributed by atoms with E-state index in [-0.39, 0.29) is 5.78 Å². The molecule has 0 unspecified atom stereocenters. The zero-order valence-electron chi connectivity index (χ0n) is 22.5. The Morgan fingerprint density at radius 1 is 0.789 bits per heavy atom. The summed E-state index contributed by atoms with van der Waals surface area (Å²) in [5.41, 5.74) is 8.72. The molecule has 196 valence electrons. The normalized spacial score (nSPS) is 14.9. The highest BCUT2D eigenvalue weighted by atomic mass is 16.5. The summed E-state index contributed by atoms with van der Waals surface area (Å²) in [6.45, 7) is 2.93. The third kappa shape index (κ3) is 5.25. The van der Waals surface area contributed by atoms with Crippen molar-refractivity contribution in [3.63, 3.8) is 0 Å². The van der Waals surface area contributed by atoms with Crippen LogP contribution in [0.2, 0.25) is 0 Å². The Balaban J connectivity index is 1.25. The summed E-state index contributed by atoms with van der Waals surface area (Å²) in [6.07, 6.45) is 7.86. The van der Waals surface area contributed by atoms with Crippen LogP contribution in [-0.4, -0.2) is 51.6 Å². The Bertz CT molecular complexity index is 1300. The first-order valence-electron chi connectivity index (χ1n) is 13.3. The molecule has 3 aromatic carbocycles. The third-order valence-electron chi connectivity index (χ3n) is 7.58. The van der Waals surface area contributed by atoms with Crippen molar-refractivity contribution in [2.24, 2.45) is 0 Å². The molecule has 0 spiro atoms. The van der Waals surface area contributed by atoms with E-state index in [1.807, 2.05) is 0 Å². The highest BCUT2D eigenvalue weighted by Crippen LogP contribution is 2.40. The van der Waals surface area contributed by atoms with Gasteiger partial charge in [-0.3, -0.25) is 4.79 Å². The topological polar surface area (TPSA) is 48.0 Å². The molecule has 1 saturated heterocycles. The predicted molar refractivity (Wildman–Crippen MR) is 153 cm³/mol. The number of benzene rings is 3. The standard InChI is InChI=1S/C33H35NO4/c1-36-30-21-26(22-31(37-2)33(30)38-3)29(35)13-8-18-34-19-16-25(17-20-34)32-27-11-6-4-9-23(27)14-15-24-10-5-7-12-28(24)32/h4-7,9-12,14-15,21-22H,8,13,16-20H2,1-3H3. The second-order valence-electron chi connectivity index (χ2n) is 9.77. The molecule has 0 aromatic heterocycles. The fourth-order valence-electron chi connectivity index (χ4n) is 5.59. The van der Waals surface area contributed by atoms with Crippen molar-refractivity contribution < 1.29 is 19.0 Å². The molecule has 0 N–H and O–H groups in total. The van der Waals surface area contributed by atoms with Crippen molar-refractivity contribution in [2.75, 3.05) is 41.0 Å². The monoisotopic (exact) mass is 509 g/mol. The molecule has 1 aliphatic heterocycles. The summed E-state index contributed by atoms with van der Waals surface area (Å²) in [4.78, 5) is 15.4. The number of nitrogens with zero attached hydrogens (tertiary/aromatic N) is 1. The number of hydrogen-bond acceptors (Lipinski definition) is 5. The molecule has 5 rings (SSSR count). The van der Waals surface area contributed by atoms with Gasteiger partial charge in [-0.25, -0.2) is 0 Å². The molecule has 5 heteroatoms. The Kier molecular flexibility index (Phi) is 7.94. The van der Waals surface area contributed by atoms with E-state index in [1.165, 1.54) is 33.4 Å². The van der Waals surface area contributed by atoms with Crippen molar-refractivity contribution in [1.29, 1.82) is 0 Å². The minimum Gasteiger partial charge on any atom is -0.493 e. The molecule has 5 nitrogen and oxygen atoms in total. The van der Waals surface area contributed by atoms with E-state index >= 15 is 0 Å². The number of fused-ring (bicyclic) bond motifs is 2. The largest absolute Gasteiger partial charge is 0.493 e. The minimum atomic E-state index is 0.0863. The Morgan fingerprint density at radius 2 is 1.34 bits per heavy atom. The maximum absolute atomic E-state index is 13.0. The van der Waals surface area contributed by atoms with E-state index < -0.39 is 0 Å². The van der Waals surface area contributed by atoms with E-state index in [2.05, 4.69) is 65.6 Å². The average Bonchev–Trinajstić information content (AvgIpc) is 3.13. The van der Waals surface area contributed by atoms with Crippen LogP contribution in [0.5, 0.6) is 17.2 Å². The maximum atomic E-state index is 13.0. The first-order valence-corrected chi connectivity index (χ1v) is 13.3. The molecular weight excluding hydrogens is 474 g/mol. The van der Waals surface area contributed by atoms with Crippen molar-refractivity contribution in [3.05, 3.63) is 94.1 Å². The zero-order chi connectivity index (χ0) is 26.5. The lowest BCUT2D eigenvalue weighted by molar-refractivity contribution is 0.0973. The Labute approximate surface area is 225 Å². The highest BCUT2D eigenvalue weighted by Gasteiger charge is 2.23. The molecule has 2 aliphatic rings. The van der Waals surface area contributed by atoms with Gasteiger partial charge >= 0.3 is 0 Å². The van der Waals surface area contributed by atoms with Gasteiger partial charge in [0.05, 0.1) is 21.3 Å². The quantitative estimate of drug-likeness (QED) is 0.246. The van der Waals surface area contributed by atoms with Crippen LogP contribution < -0.4 is 14.2 Å². The fraction of sp³-hybridized carbons (Fsp3) is 0.303. The van der Waals surface area contributed by atoms with Crippen LogP contribution in [0.4, 0.5) is 0 Å². The molecule has 1 fully saturated rings. The van der Waals surface area contributed by atoms with E-state index in [4.69, 9.17) is 14.2 Å². The first-order chi connectivity index (χ1) is 18.6. The lowest BCUT2D eigenvalue weighted by Crippen LogP contribution is -2.32. The Morgan fingerprint density at radius 3 is 1.87 bits per heavy atom. The van der Waals surface area contributed by atoms with E-state index in [0.717, 1.165) is 38.9 Å². The second-order valence-corrected chi connectivity index (χ2v) is 9.77. The zero-order valence-corrected chi connectivity index (χ0v) is 22.5. The van der Waals surface area contributed by atoms with Gasteiger partial charge in [-0.05, 0) is 65.8 Å². The van der Waals surface area contributed by atoms with Crippen LogP contribution >= 0.6 is 0 Å². The number of Topliss-reactive ketones (excluding diaryl/α,β-unsaturated/α-hetero) is 1. The predicted octanol–water partition coefficient (Wildman–Crippen LogP) is 6.76. The summed E-state index contributed by atoms with van der Waals surface area (Å²) in [7, 11) is 4.69. The van der Waals surface area contributed by atoms with E-state index in [9.17, 15) is 4.79 Å². The molecule has 1 heterocycles. The van der Waals surface area contributed by atoms with E-state index in [0.29, 0.717) is 29.2 Å². The van der Waals surface area contributed by atoms with Crippen molar-refractivity contribution >= 4 is 23.5 Å². The fourth-order valence-corrected chi connectivity index (χ4v) is 5.59. The molecule has 38 heavy (non-hydrogen) atoms. The van der Waals surface area contributed by atoms with Gasteiger partial charge in [-0.2, -0.15) is 0 Å². The summed E-state index contributed by atoms with van der Waals surface area (Å²) in [6, 6.07) is 20.9. The molecule has 0 saturated carbocycles. The van der Waals surface area contributed by atoms with Gasteiger partial charge in [0.15, 0.2) is 17.3 Å². The van der Waals surface area contributed by atoms with Crippen LogP contribution in [0.15, 0.2) is 66.2 Å². The smallest absolute Gasteiger partial charge is 0.203 e. The van der Waals surface area contributed by atoms with Crippen molar-refractivity contribution in [3.8, 4) is 17.2 Å². The van der Waals surface area contributed by atoms with Crippen LogP contribution in [-0.2, 0) is 0 Å². The van der Waals surface area contributed by atoms with Gasteiger partial charge in [0.2, 0.25) is 5.75 Å². The lowest BCUT2D eigenvalue weighted by atomic mass is 9.86. The van der Waals surface area contributed by atoms with Gasteiger partial charge < -0.3 is 19.1 Å². The molecule has 1 aliphatic carbocycles. The number of hydrogen-bond donors (Lipinski definition) is 0. The Hall–Kier alpha value is -3.83. The summed E-state index contributed by atoms with van der Waals surface area (Å²) < 4.78 is 16.2. The van der Waals surface area contributed by atoms with Crippen molar-refractivity contribution in [2.45, 2.75) is 25.7 Å². The van der Waals surface area contributed by atoms with Crippen LogP contribution in [0.3, 0.4) is 0 Å². The van der Waals surface area contributed by atoms with Gasteiger partial charge in [-0.1, -0.05) is 66.3 Å². The molecule has 3 aromatic rings. The lowest BCUT2D eigenvalue weighted by Gasteiger charge is -2.30. The van der Waals surface area contributed by atoms with Crippen LogP contribution in [0, 0.1) is 0 Å². The molecule has 0 amide bonds. The van der Waals surface area contributed by atoms with Crippen molar-refractivity contribution in [1.82, 2.24) is 4.90 Å². The molecule has 0 atom stereocenters. The van der Waals surface area contributed by atoms with Gasteiger partial charge in [0.25, 0.3) is 0 Å². The number of piperidine rings is 1. The van der Waals surface area contributed by atoms with E-state index in [1.54, 1.807) is 33.5 Å². The molecular formula is C33H35NO4. The first kappa shape index (κ1) is 25.8. The third-order valence-corrected chi connectivity index (χ3v) is 7.58. The minimum absolute atomic E-state index is 0.0863. The number of rotatable bonds is 8. The molecule has 0 radical (unpaired) electrons. The number of carbonyl (C=O) groups excluding carboxylic acids is 1. The SMILES string of the molecule is COc1cc(C(=O)CCCN2CCC(=C3c4ccccc4C=Cc4ccccc43)CC2)cc(OC)c1OC. The van der Waals surface area contributed by atoms with Gasteiger partial charge in [0, 0.05) is 25.1 Å². The van der Waals surface area contributed by atoms with Crippen LogP contribution in [0.1, 0.15) is 58.3 Å². The second kappa shape index (κ2) is 11.7. The number of likely N-dealkylation sites (tertiary alicyclic amines) is 1. The van der Waals surface area contributed by atoms with Gasteiger partial charge in [-0.15, -0.1) is 0 Å². The number of methoxy groups -OCH3 is 3. The summed E-state index contributed by atoms with van der Waals surface area (Å²) >= 11 is 0. The van der Waals surface area contributed by atoms with Crippen LogP contribution in [0.25, 0.3) is 17.7 Å². The average molecular weight is 510 g/mol. The maximum Gasteiger partial charge on any atom is 0.203 e. The molecule has 0 bridgehead atoms. The van der Waals surface area contributed by atoms with Gasteiger partial charge in [0.1, 0.15) is 0 Å².